The van der Waals surface area contributed by atoms with Crippen molar-refractivity contribution < 1.29 is 14.8 Å². The van der Waals surface area contributed by atoms with Crippen molar-refractivity contribution in [3.63, 3.8) is 0 Å². The summed E-state index contributed by atoms with van der Waals surface area (Å²) >= 11 is 0. The van der Waals surface area contributed by atoms with Crippen molar-refractivity contribution in [1.82, 2.24) is 0 Å². The molecule has 0 fully saturated rings. The van der Waals surface area contributed by atoms with Crippen molar-refractivity contribution in [1.29, 1.82) is 0 Å². The molecule has 0 saturated heterocycles. The minimum atomic E-state index is 0.113. The van der Waals surface area contributed by atoms with E-state index in [1.54, 1.807) is 6.07 Å². The fourth-order valence-electron chi connectivity index (χ4n) is 2.08. The van der Waals surface area contributed by atoms with Crippen LogP contribution in [0.2, 0.25) is 0 Å². The maximum atomic E-state index is 9.09. The van der Waals surface area contributed by atoms with E-state index in [9.17, 15) is 0 Å². The Morgan fingerprint density at radius 1 is 1.00 bits per heavy atom. The molecule has 2 N–H and O–H groups in total. The first-order valence-electron chi connectivity index (χ1n) is 5.26. The quantitative estimate of drug-likeness (QED) is 0.627. The van der Waals surface area contributed by atoms with Gasteiger partial charge in [0.05, 0.1) is 0 Å². The summed E-state index contributed by atoms with van der Waals surface area (Å²) in [6, 6.07) is 11.2. The molecule has 4 nitrogen and oxygen atoms in total. The Morgan fingerprint density at radius 2 is 1.76 bits per heavy atom. The van der Waals surface area contributed by atoms with Crippen LogP contribution in [0.25, 0.3) is 21.9 Å². The van der Waals surface area contributed by atoms with Crippen LogP contribution in [0.15, 0.2) is 40.8 Å². The molecule has 0 bridgehead atoms. The molecule has 0 aliphatic rings. The summed E-state index contributed by atoms with van der Waals surface area (Å²) in [5, 5.41) is 20.3. The van der Waals surface area contributed by atoms with E-state index < -0.39 is 0 Å². The number of hydrogen-bond donors (Lipinski definition) is 2. The smallest absolute Gasteiger partial charge is 0.137 e. The predicted molar refractivity (Wildman–Crippen MR) is 64.5 cm³/mol. The Kier molecular flexibility index (Phi) is 2.07. The van der Waals surface area contributed by atoms with E-state index >= 15 is 0 Å². The van der Waals surface area contributed by atoms with Gasteiger partial charge < -0.3 is 4.42 Å². The van der Waals surface area contributed by atoms with Crippen molar-refractivity contribution in [2.24, 2.45) is 0 Å². The van der Waals surface area contributed by atoms with Crippen molar-refractivity contribution in [2.75, 3.05) is 5.23 Å². The minimum Gasteiger partial charge on any atom is -0.456 e. The average Bonchev–Trinajstić information content (AvgIpc) is 2.65. The van der Waals surface area contributed by atoms with Gasteiger partial charge in [0.2, 0.25) is 0 Å². The Bertz CT molecular complexity index is 700. The zero-order valence-electron chi connectivity index (χ0n) is 9.21. The fraction of sp³-hybridized carbons (Fsp3) is 0.0769. The highest BCUT2D eigenvalue weighted by Gasteiger charge is 2.11. The van der Waals surface area contributed by atoms with Gasteiger partial charge in [-0.15, -0.1) is 5.23 Å². The van der Waals surface area contributed by atoms with Crippen LogP contribution in [0.3, 0.4) is 0 Å². The Morgan fingerprint density at radius 3 is 2.53 bits per heavy atom. The third kappa shape index (κ3) is 1.46. The molecule has 1 aromatic heterocycles. The van der Waals surface area contributed by atoms with E-state index in [0.717, 1.165) is 21.9 Å². The van der Waals surface area contributed by atoms with Crippen LogP contribution in [0.1, 0.15) is 5.56 Å². The molecule has 0 aliphatic carbocycles. The molecule has 4 heteroatoms. The van der Waals surface area contributed by atoms with Crippen LogP contribution in [-0.4, -0.2) is 10.4 Å². The van der Waals surface area contributed by atoms with Crippen LogP contribution < -0.4 is 5.23 Å². The van der Waals surface area contributed by atoms with Gasteiger partial charge in [-0.2, -0.15) is 0 Å². The summed E-state index contributed by atoms with van der Waals surface area (Å²) in [6.45, 7) is 1.82. The molecule has 3 aromatic rings. The van der Waals surface area contributed by atoms with Gasteiger partial charge in [-0.25, -0.2) is 0 Å². The molecule has 17 heavy (non-hydrogen) atoms. The lowest BCUT2D eigenvalue weighted by Gasteiger charge is -2.10. The molecule has 0 amide bonds. The number of aryl methyl sites for hydroxylation is 1. The van der Waals surface area contributed by atoms with Crippen LogP contribution in [0.4, 0.5) is 5.69 Å². The summed E-state index contributed by atoms with van der Waals surface area (Å²) in [5.74, 6) is 0. The van der Waals surface area contributed by atoms with Gasteiger partial charge in [-0.1, -0.05) is 18.2 Å². The highest BCUT2D eigenvalue weighted by molar-refractivity contribution is 6.06. The van der Waals surface area contributed by atoms with Crippen molar-refractivity contribution >= 4 is 27.6 Å². The van der Waals surface area contributed by atoms with Gasteiger partial charge in [0.1, 0.15) is 16.9 Å². The second kappa shape index (κ2) is 3.48. The van der Waals surface area contributed by atoms with Gasteiger partial charge in [0.25, 0.3) is 0 Å². The van der Waals surface area contributed by atoms with Crippen molar-refractivity contribution in [3.8, 4) is 0 Å². The first kappa shape index (κ1) is 10.1. The van der Waals surface area contributed by atoms with Gasteiger partial charge in [0.15, 0.2) is 0 Å². The lowest BCUT2D eigenvalue weighted by atomic mass is 10.1. The molecular formula is C13H11NO3. The number of anilines is 1. The second-order valence-corrected chi connectivity index (χ2v) is 4.02. The van der Waals surface area contributed by atoms with E-state index in [4.69, 9.17) is 14.8 Å². The van der Waals surface area contributed by atoms with Crippen molar-refractivity contribution in [3.05, 3.63) is 42.0 Å². The summed E-state index contributed by atoms with van der Waals surface area (Å²) in [4.78, 5) is 0. The van der Waals surface area contributed by atoms with Crippen LogP contribution in [-0.2, 0) is 0 Å². The van der Waals surface area contributed by atoms with Gasteiger partial charge in [-0.05, 0) is 24.6 Å². The molecule has 0 aliphatic heterocycles. The molecule has 0 saturated carbocycles. The largest absolute Gasteiger partial charge is 0.456 e. The molecule has 1 heterocycles. The topological polar surface area (TPSA) is 56.8 Å². The Balaban J connectivity index is 2.42. The molecule has 0 radical (unpaired) electrons. The molecule has 0 atom stereocenters. The highest BCUT2D eigenvalue weighted by atomic mass is 16.8. The molecule has 0 spiro atoms. The molecular weight excluding hydrogens is 218 g/mol. The number of benzene rings is 2. The number of rotatable bonds is 1. The first-order valence-corrected chi connectivity index (χ1v) is 5.26. The monoisotopic (exact) mass is 229 g/mol. The van der Waals surface area contributed by atoms with Crippen LogP contribution >= 0.6 is 0 Å². The number of furan rings is 1. The summed E-state index contributed by atoms with van der Waals surface area (Å²) in [6.07, 6.45) is 0. The highest BCUT2D eigenvalue weighted by Crippen LogP contribution is 2.32. The lowest BCUT2D eigenvalue weighted by molar-refractivity contribution is 0.0289. The van der Waals surface area contributed by atoms with Crippen LogP contribution in [0.5, 0.6) is 0 Å². The molecule has 3 rings (SSSR count). The number of fused-ring (bicyclic) bond motifs is 3. The normalized spacial score (nSPS) is 11.2. The zero-order chi connectivity index (χ0) is 12.0. The Labute approximate surface area is 97.2 Å². The molecule has 2 aromatic carbocycles. The van der Waals surface area contributed by atoms with E-state index in [1.807, 2.05) is 37.3 Å². The van der Waals surface area contributed by atoms with Crippen LogP contribution in [0, 0.1) is 6.92 Å². The zero-order valence-corrected chi connectivity index (χ0v) is 9.21. The van der Waals surface area contributed by atoms with Gasteiger partial charge >= 0.3 is 0 Å². The second-order valence-electron chi connectivity index (χ2n) is 4.02. The lowest BCUT2D eigenvalue weighted by Crippen LogP contribution is -2.12. The summed E-state index contributed by atoms with van der Waals surface area (Å²) in [7, 11) is 0. The fourth-order valence-corrected chi connectivity index (χ4v) is 2.08. The molecule has 86 valence electrons. The van der Waals surface area contributed by atoms with E-state index in [0.29, 0.717) is 11.3 Å². The average molecular weight is 229 g/mol. The summed E-state index contributed by atoms with van der Waals surface area (Å²) < 4.78 is 5.65. The van der Waals surface area contributed by atoms with E-state index in [1.165, 1.54) is 0 Å². The third-order valence-electron chi connectivity index (χ3n) is 2.91. The summed E-state index contributed by atoms with van der Waals surface area (Å²) in [5.41, 5.74) is 2.52. The maximum absolute atomic E-state index is 9.09. The standard InChI is InChI=1S/C13H11NO3/c1-8-6-10-9-4-2-3-5-12(9)17-13(10)7-11(8)14(15)16/h2-7,15-16H,1H3. The van der Waals surface area contributed by atoms with E-state index in [2.05, 4.69) is 0 Å². The van der Waals surface area contributed by atoms with E-state index in [-0.39, 0.29) is 5.23 Å². The third-order valence-corrected chi connectivity index (χ3v) is 2.91. The maximum Gasteiger partial charge on any atom is 0.137 e. The SMILES string of the molecule is Cc1cc2c(cc1N(O)O)oc1ccccc12. The minimum absolute atomic E-state index is 0.113. The Hall–Kier alpha value is -2.04. The molecule has 0 unspecified atom stereocenters. The predicted octanol–water partition coefficient (Wildman–Crippen LogP) is 3.48. The van der Waals surface area contributed by atoms with Gasteiger partial charge in [-0.3, -0.25) is 10.4 Å². The van der Waals surface area contributed by atoms with Crippen molar-refractivity contribution in [2.45, 2.75) is 6.92 Å². The number of para-hydroxylation sites is 1. The van der Waals surface area contributed by atoms with Gasteiger partial charge in [0, 0.05) is 16.8 Å². The number of nitrogens with zero attached hydrogens (tertiary/aromatic N) is 1. The number of hydrogen-bond acceptors (Lipinski definition) is 4. The first-order chi connectivity index (χ1) is 8.16.